The van der Waals surface area contributed by atoms with Crippen molar-refractivity contribution in [3.8, 4) is 23.2 Å². The number of nitrogens with two attached hydrogens (primary N) is 1. The molecule has 1 aromatic carbocycles. The fraction of sp³-hybridized carbons (Fsp3) is 0.211. The van der Waals surface area contributed by atoms with Crippen molar-refractivity contribution in [1.82, 2.24) is 9.55 Å². The van der Waals surface area contributed by atoms with Crippen LogP contribution in [0.1, 0.15) is 26.6 Å². The van der Waals surface area contributed by atoms with E-state index in [1.807, 2.05) is 41.1 Å². The van der Waals surface area contributed by atoms with Crippen LogP contribution < -0.4 is 10.5 Å². The van der Waals surface area contributed by atoms with Crippen LogP contribution in [0, 0.1) is 18.3 Å². The molecule has 0 aliphatic heterocycles. The fourth-order valence-electron chi connectivity index (χ4n) is 2.84. The number of ether oxygens (including phenoxy) is 1. The van der Waals surface area contributed by atoms with Crippen LogP contribution in [0.5, 0.6) is 5.75 Å². The molecule has 2 heterocycles. The lowest BCUT2D eigenvalue weighted by Gasteiger charge is -2.12. The fourth-order valence-corrected chi connectivity index (χ4v) is 3.56. The molecule has 1 amide bonds. The first-order valence-corrected chi connectivity index (χ1v) is 8.86. The predicted octanol–water partition coefficient (Wildman–Crippen LogP) is 3.14. The normalized spacial score (nSPS) is 10.5. The quantitative estimate of drug-likeness (QED) is 0.725. The molecule has 0 unspecified atom stereocenters. The zero-order chi connectivity index (χ0) is 18.7. The topological polar surface area (TPSA) is 93.9 Å². The summed E-state index contributed by atoms with van der Waals surface area (Å²) in [5.41, 5.74) is 9.36. The molecule has 26 heavy (non-hydrogen) atoms. The summed E-state index contributed by atoms with van der Waals surface area (Å²) in [5.74, 6) is 0.301. The van der Waals surface area contributed by atoms with Crippen LogP contribution in [0.15, 0.2) is 35.7 Å². The molecule has 0 aliphatic rings. The molecule has 132 valence electrons. The van der Waals surface area contributed by atoms with Crippen LogP contribution >= 0.6 is 11.3 Å². The number of hydrogen-bond acceptors (Lipinski definition) is 5. The highest BCUT2D eigenvalue weighted by Crippen LogP contribution is 2.28. The van der Waals surface area contributed by atoms with E-state index in [9.17, 15) is 4.79 Å². The molecule has 0 radical (unpaired) electrons. The Morgan fingerprint density at radius 1 is 1.42 bits per heavy atom. The van der Waals surface area contributed by atoms with Crippen molar-refractivity contribution in [3.05, 3.63) is 57.5 Å². The molecule has 3 aromatic rings. The molecule has 0 bridgehead atoms. The molecule has 0 saturated carbocycles. The van der Waals surface area contributed by atoms with E-state index in [2.05, 4.69) is 11.1 Å². The molecule has 7 heteroatoms. The number of aromatic nitrogens is 2. The number of thiazole rings is 1. The zero-order valence-corrected chi connectivity index (χ0v) is 15.3. The number of carbonyl (C=O) groups is 1. The second-order valence-electron chi connectivity index (χ2n) is 5.79. The second-order valence-corrected chi connectivity index (χ2v) is 6.73. The van der Waals surface area contributed by atoms with Crippen molar-refractivity contribution in [2.75, 3.05) is 7.11 Å². The van der Waals surface area contributed by atoms with Crippen LogP contribution in [0.4, 0.5) is 0 Å². The Morgan fingerprint density at radius 3 is 2.92 bits per heavy atom. The van der Waals surface area contributed by atoms with Gasteiger partial charge in [-0.1, -0.05) is 12.1 Å². The molecule has 0 spiro atoms. The molecule has 2 N–H and O–H groups in total. The minimum absolute atomic E-state index is 0.267. The number of amides is 1. The van der Waals surface area contributed by atoms with E-state index in [0.717, 1.165) is 33.4 Å². The summed E-state index contributed by atoms with van der Waals surface area (Å²) in [7, 11) is 1.63. The lowest BCUT2D eigenvalue weighted by Crippen LogP contribution is -2.12. The molecule has 3 rings (SSSR count). The molecule has 6 nitrogen and oxygen atoms in total. The van der Waals surface area contributed by atoms with Crippen LogP contribution in [0.2, 0.25) is 0 Å². The summed E-state index contributed by atoms with van der Waals surface area (Å²) in [6, 6.07) is 11.6. The van der Waals surface area contributed by atoms with Crippen LogP contribution in [-0.2, 0) is 13.0 Å². The van der Waals surface area contributed by atoms with Gasteiger partial charge in [-0.2, -0.15) is 5.26 Å². The Kier molecular flexibility index (Phi) is 5.05. The minimum atomic E-state index is -0.472. The van der Waals surface area contributed by atoms with Crippen molar-refractivity contribution < 1.29 is 9.53 Å². The molecule has 0 atom stereocenters. The molecule has 0 aliphatic carbocycles. The highest BCUT2D eigenvalue weighted by molar-refractivity contribution is 7.10. The Morgan fingerprint density at radius 2 is 2.23 bits per heavy atom. The lowest BCUT2D eigenvalue weighted by atomic mass is 10.2. The van der Waals surface area contributed by atoms with Gasteiger partial charge in [-0.3, -0.25) is 4.79 Å². The van der Waals surface area contributed by atoms with Crippen molar-refractivity contribution in [3.63, 3.8) is 0 Å². The zero-order valence-electron chi connectivity index (χ0n) is 14.5. The number of primary amides is 1. The Labute approximate surface area is 155 Å². The van der Waals surface area contributed by atoms with Gasteiger partial charge >= 0.3 is 0 Å². The average molecular weight is 366 g/mol. The number of rotatable bonds is 6. The standard InChI is InChI=1S/C19H18N4O2S/c1-12-15(19(21)24)9-17(16-11-26-18(22-16)6-7-20)23(12)10-13-4-3-5-14(8-13)25-2/h3-5,8-9,11H,6,10H2,1-2H3,(H2,21,24). The van der Waals surface area contributed by atoms with Gasteiger partial charge in [0.25, 0.3) is 5.91 Å². The monoisotopic (exact) mass is 366 g/mol. The van der Waals surface area contributed by atoms with Crippen molar-refractivity contribution in [1.29, 1.82) is 5.26 Å². The lowest BCUT2D eigenvalue weighted by molar-refractivity contribution is 0.0999. The van der Waals surface area contributed by atoms with Crippen molar-refractivity contribution in [2.45, 2.75) is 19.9 Å². The number of nitriles is 1. The van der Waals surface area contributed by atoms with E-state index in [1.54, 1.807) is 13.2 Å². The third-order valence-corrected chi connectivity index (χ3v) is 5.00. The smallest absolute Gasteiger partial charge is 0.250 e. The SMILES string of the molecule is COc1cccc(Cn2c(-c3csc(CC#N)n3)cc(C(N)=O)c2C)c1. The highest BCUT2D eigenvalue weighted by atomic mass is 32.1. The molecule has 0 fully saturated rings. The molecule has 2 aromatic heterocycles. The van der Waals surface area contributed by atoms with Crippen molar-refractivity contribution >= 4 is 17.2 Å². The average Bonchev–Trinajstić information content (AvgIpc) is 3.21. The number of nitrogens with zero attached hydrogens (tertiary/aromatic N) is 3. The first-order chi connectivity index (χ1) is 12.5. The third-order valence-electron chi connectivity index (χ3n) is 4.15. The van der Waals surface area contributed by atoms with Crippen LogP contribution in [0.3, 0.4) is 0 Å². The van der Waals surface area contributed by atoms with E-state index in [1.165, 1.54) is 11.3 Å². The maximum atomic E-state index is 11.8. The summed E-state index contributed by atoms with van der Waals surface area (Å²) in [6.45, 7) is 2.42. The van der Waals surface area contributed by atoms with E-state index in [-0.39, 0.29) is 6.42 Å². The number of methoxy groups -OCH3 is 1. The molecule has 0 saturated heterocycles. The van der Waals surface area contributed by atoms with Gasteiger partial charge in [-0.05, 0) is 30.7 Å². The minimum Gasteiger partial charge on any atom is -0.497 e. The Hall–Kier alpha value is -3.11. The summed E-state index contributed by atoms with van der Waals surface area (Å²) < 4.78 is 7.30. The van der Waals surface area contributed by atoms with E-state index >= 15 is 0 Å². The number of carbonyl (C=O) groups excluding carboxylic acids is 1. The van der Waals surface area contributed by atoms with Gasteiger partial charge in [0.1, 0.15) is 10.8 Å². The van der Waals surface area contributed by atoms with Gasteiger partial charge in [0.2, 0.25) is 0 Å². The second kappa shape index (κ2) is 7.42. The Bertz CT molecular complexity index is 997. The van der Waals surface area contributed by atoms with E-state index < -0.39 is 5.91 Å². The van der Waals surface area contributed by atoms with E-state index in [0.29, 0.717) is 12.1 Å². The van der Waals surface area contributed by atoms with E-state index in [4.69, 9.17) is 15.7 Å². The summed E-state index contributed by atoms with van der Waals surface area (Å²) in [4.78, 5) is 16.3. The van der Waals surface area contributed by atoms with Gasteiger partial charge in [0.15, 0.2) is 0 Å². The summed E-state index contributed by atoms with van der Waals surface area (Å²) in [6.07, 6.45) is 0.267. The van der Waals surface area contributed by atoms with Crippen LogP contribution in [0.25, 0.3) is 11.4 Å². The highest BCUT2D eigenvalue weighted by Gasteiger charge is 2.19. The maximum Gasteiger partial charge on any atom is 0.250 e. The third kappa shape index (κ3) is 3.46. The Balaban J connectivity index is 2.07. The van der Waals surface area contributed by atoms with Crippen LogP contribution in [-0.4, -0.2) is 22.6 Å². The van der Waals surface area contributed by atoms with Crippen molar-refractivity contribution in [2.24, 2.45) is 5.73 Å². The molecular formula is C19H18N4O2S. The summed E-state index contributed by atoms with van der Waals surface area (Å²) in [5, 5.41) is 11.5. The largest absolute Gasteiger partial charge is 0.497 e. The maximum absolute atomic E-state index is 11.8. The molecular weight excluding hydrogens is 348 g/mol. The van der Waals surface area contributed by atoms with Gasteiger partial charge < -0.3 is 15.0 Å². The van der Waals surface area contributed by atoms with Gasteiger partial charge in [-0.25, -0.2) is 4.98 Å². The number of hydrogen-bond donors (Lipinski definition) is 1. The van der Waals surface area contributed by atoms with Gasteiger partial charge in [0, 0.05) is 17.6 Å². The predicted molar refractivity (Wildman–Crippen MR) is 100 cm³/mol. The first kappa shape index (κ1) is 17.7. The van der Waals surface area contributed by atoms with Gasteiger partial charge in [0.05, 0.1) is 36.6 Å². The van der Waals surface area contributed by atoms with Gasteiger partial charge in [-0.15, -0.1) is 11.3 Å². The summed E-state index contributed by atoms with van der Waals surface area (Å²) >= 11 is 1.43. The first-order valence-electron chi connectivity index (χ1n) is 7.98. The number of benzene rings is 1.